The van der Waals surface area contributed by atoms with Gasteiger partial charge in [-0.2, -0.15) is 0 Å². The van der Waals surface area contributed by atoms with Crippen molar-refractivity contribution < 1.29 is 37.8 Å². The third-order valence-electron chi connectivity index (χ3n) is 8.31. The highest BCUT2D eigenvalue weighted by Gasteiger charge is 2.33. The van der Waals surface area contributed by atoms with E-state index in [1.54, 1.807) is 67.4 Å². The monoisotopic (exact) mass is 704 g/mol. The van der Waals surface area contributed by atoms with Gasteiger partial charge in [-0.1, -0.05) is 58.0 Å². The average Bonchev–Trinajstić information content (AvgIpc) is 3.08. The summed E-state index contributed by atoms with van der Waals surface area (Å²) in [5.74, 6) is -1.06. The normalized spacial score (nSPS) is 19.3. The predicted molar refractivity (Wildman–Crippen MR) is 191 cm³/mol. The van der Waals surface area contributed by atoms with Gasteiger partial charge in [0.1, 0.15) is 42.6 Å². The van der Waals surface area contributed by atoms with E-state index in [1.165, 1.54) is 18.2 Å². The molecule has 51 heavy (non-hydrogen) atoms. The molecule has 12 heteroatoms. The fourth-order valence-corrected chi connectivity index (χ4v) is 5.75. The molecule has 4 rings (SSSR count). The smallest absolute Gasteiger partial charge is 0.255 e. The minimum Gasteiger partial charge on any atom is -0.491 e. The van der Waals surface area contributed by atoms with Crippen LogP contribution in [0.25, 0.3) is 0 Å². The molecule has 0 saturated carbocycles. The Labute approximate surface area is 299 Å². The van der Waals surface area contributed by atoms with Gasteiger partial charge in [0.25, 0.3) is 5.91 Å². The molecule has 0 fully saturated rings. The molecule has 0 aromatic heterocycles. The van der Waals surface area contributed by atoms with Crippen molar-refractivity contribution in [2.45, 2.75) is 78.0 Å². The zero-order valence-electron chi connectivity index (χ0n) is 30.1. The van der Waals surface area contributed by atoms with Gasteiger partial charge in [-0.05, 0) is 68.0 Å². The lowest BCUT2D eigenvalue weighted by molar-refractivity contribution is -0.138. The van der Waals surface area contributed by atoms with Gasteiger partial charge < -0.3 is 35.1 Å². The van der Waals surface area contributed by atoms with Gasteiger partial charge in [-0.15, -0.1) is 0 Å². The van der Waals surface area contributed by atoms with Gasteiger partial charge in [-0.3, -0.25) is 19.2 Å². The maximum Gasteiger partial charge on any atom is 0.255 e. The number of ether oxygens (including phenoxy) is 3. The van der Waals surface area contributed by atoms with Crippen LogP contribution >= 0.6 is 0 Å². The van der Waals surface area contributed by atoms with Crippen molar-refractivity contribution in [1.29, 1.82) is 0 Å². The van der Waals surface area contributed by atoms with Crippen LogP contribution in [0.2, 0.25) is 0 Å². The Morgan fingerprint density at radius 1 is 0.922 bits per heavy atom. The van der Waals surface area contributed by atoms with Crippen LogP contribution in [-0.4, -0.2) is 73.0 Å². The molecule has 4 atom stereocenters. The van der Waals surface area contributed by atoms with Gasteiger partial charge >= 0.3 is 0 Å². The van der Waals surface area contributed by atoms with Gasteiger partial charge in [0.2, 0.25) is 17.7 Å². The number of benzene rings is 3. The van der Waals surface area contributed by atoms with Gasteiger partial charge in [0, 0.05) is 13.1 Å². The Bertz CT molecular complexity index is 1650. The molecule has 0 bridgehead atoms. The standard InChI is InChI=1S/C39H49FN4O7/c1-24(2)18-28-23-50-33-15-11-10-14-30(33)37(46)43-31(21-36(45)42-32(19-25(3)4)39(48)44(28)6)38(47)41-26(5)22-49-34-17-16-27(40)20-35(34)51-29-12-8-7-9-13-29/h7-17,20,24-26,28,31-32H,18-19,21-23H2,1-6H3,(H,41,47)(H,42,45)(H,43,46)/t26-,28-,31+,32-/m1/s1. The van der Waals surface area contributed by atoms with Crippen molar-refractivity contribution in [1.82, 2.24) is 20.9 Å². The molecule has 11 nitrogen and oxygen atoms in total. The number of halogens is 1. The molecule has 1 heterocycles. The summed E-state index contributed by atoms with van der Waals surface area (Å²) >= 11 is 0. The van der Waals surface area contributed by atoms with E-state index in [1.807, 2.05) is 19.9 Å². The number of carbonyl (C=O) groups is 4. The summed E-state index contributed by atoms with van der Waals surface area (Å²) in [7, 11) is 1.70. The van der Waals surface area contributed by atoms with E-state index < -0.39 is 48.1 Å². The first-order valence-corrected chi connectivity index (χ1v) is 17.3. The van der Waals surface area contributed by atoms with Gasteiger partial charge in [0.15, 0.2) is 11.5 Å². The number of fused-ring (bicyclic) bond motifs is 1. The second kappa shape index (κ2) is 18.2. The first kappa shape index (κ1) is 38.7. The molecule has 274 valence electrons. The summed E-state index contributed by atoms with van der Waals surface area (Å²) in [4.78, 5) is 56.3. The maximum absolute atomic E-state index is 14.1. The van der Waals surface area contributed by atoms with E-state index >= 15 is 0 Å². The van der Waals surface area contributed by atoms with Crippen molar-refractivity contribution in [3.63, 3.8) is 0 Å². The van der Waals surface area contributed by atoms with E-state index in [0.717, 1.165) is 0 Å². The van der Waals surface area contributed by atoms with Crippen LogP contribution in [0.1, 0.15) is 64.2 Å². The fraction of sp³-hybridized carbons (Fsp3) is 0.436. The highest BCUT2D eigenvalue weighted by Crippen LogP contribution is 2.32. The highest BCUT2D eigenvalue weighted by atomic mass is 19.1. The Balaban J connectivity index is 1.54. The molecule has 0 saturated heterocycles. The first-order valence-electron chi connectivity index (χ1n) is 17.3. The molecule has 0 unspecified atom stereocenters. The lowest BCUT2D eigenvalue weighted by atomic mass is 9.99. The summed E-state index contributed by atoms with van der Waals surface area (Å²) in [6, 6.07) is 16.3. The number of likely N-dealkylation sites (N-methyl/N-ethyl adjacent to an activating group) is 1. The lowest BCUT2D eigenvalue weighted by Gasteiger charge is -2.33. The number of rotatable bonds is 11. The number of amides is 4. The molecule has 4 amide bonds. The van der Waals surface area contributed by atoms with Crippen LogP contribution < -0.4 is 30.2 Å². The van der Waals surface area contributed by atoms with E-state index in [9.17, 15) is 23.6 Å². The van der Waals surface area contributed by atoms with Crippen LogP contribution in [0.15, 0.2) is 72.8 Å². The van der Waals surface area contributed by atoms with E-state index in [4.69, 9.17) is 14.2 Å². The largest absolute Gasteiger partial charge is 0.491 e. The fourth-order valence-electron chi connectivity index (χ4n) is 5.75. The first-order chi connectivity index (χ1) is 24.3. The third kappa shape index (κ3) is 11.4. The molecular weight excluding hydrogens is 655 g/mol. The van der Waals surface area contributed by atoms with Crippen molar-refractivity contribution >= 4 is 23.6 Å². The van der Waals surface area contributed by atoms with Crippen LogP contribution in [0.5, 0.6) is 23.0 Å². The number of hydrogen-bond donors (Lipinski definition) is 3. The molecule has 0 aliphatic carbocycles. The molecular formula is C39H49FN4O7. The van der Waals surface area contributed by atoms with Crippen LogP contribution in [-0.2, 0) is 14.4 Å². The summed E-state index contributed by atoms with van der Waals surface area (Å²) in [5, 5.41) is 8.35. The van der Waals surface area contributed by atoms with Gasteiger partial charge in [0.05, 0.1) is 24.1 Å². The van der Waals surface area contributed by atoms with Crippen LogP contribution in [0.3, 0.4) is 0 Å². The predicted octanol–water partition coefficient (Wildman–Crippen LogP) is 5.49. The average molecular weight is 705 g/mol. The quantitative estimate of drug-likeness (QED) is 0.241. The molecule has 0 spiro atoms. The Hall–Kier alpha value is -5.13. The van der Waals surface area contributed by atoms with Gasteiger partial charge in [-0.25, -0.2) is 4.39 Å². The summed E-state index contributed by atoms with van der Waals surface area (Å²) in [6.45, 7) is 9.79. The van der Waals surface area contributed by atoms with E-state index in [-0.39, 0.29) is 54.1 Å². The SMILES string of the molecule is CC(C)C[C@@H]1COc2ccccc2C(=O)N[C@H](C(=O)N[C@H](C)COc2ccc(F)cc2Oc2ccccc2)CC(=O)N[C@H](CC(C)C)C(=O)N1C. The molecule has 1 aliphatic heterocycles. The molecule has 3 N–H and O–H groups in total. The molecule has 3 aromatic carbocycles. The lowest BCUT2D eigenvalue weighted by Crippen LogP contribution is -2.55. The summed E-state index contributed by atoms with van der Waals surface area (Å²) in [5.41, 5.74) is 0.182. The zero-order valence-corrected chi connectivity index (χ0v) is 30.1. The topological polar surface area (TPSA) is 135 Å². The van der Waals surface area contributed by atoms with Crippen molar-refractivity contribution in [2.75, 3.05) is 20.3 Å². The number of para-hydroxylation sites is 2. The summed E-state index contributed by atoms with van der Waals surface area (Å²) < 4.78 is 32.0. The number of nitrogens with one attached hydrogen (secondary N) is 3. The van der Waals surface area contributed by atoms with Crippen LogP contribution in [0.4, 0.5) is 4.39 Å². The number of nitrogens with zero attached hydrogens (tertiary/aromatic N) is 1. The Kier molecular flexibility index (Phi) is 13.8. The van der Waals surface area contributed by atoms with E-state index in [2.05, 4.69) is 29.8 Å². The van der Waals surface area contributed by atoms with E-state index in [0.29, 0.717) is 24.3 Å². The minimum atomic E-state index is -1.31. The van der Waals surface area contributed by atoms with Crippen LogP contribution in [0, 0.1) is 17.7 Å². The van der Waals surface area contributed by atoms with Crippen molar-refractivity contribution in [2.24, 2.45) is 11.8 Å². The second-order valence-corrected chi connectivity index (χ2v) is 13.7. The maximum atomic E-state index is 14.1. The van der Waals surface area contributed by atoms with Crippen molar-refractivity contribution in [3.8, 4) is 23.0 Å². The Morgan fingerprint density at radius 3 is 2.31 bits per heavy atom. The minimum absolute atomic E-state index is 0.0408. The number of hydrogen-bond acceptors (Lipinski definition) is 7. The number of carbonyl (C=O) groups excluding carboxylic acids is 4. The van der Waals surface area contributed by atoms with Crippen molar-refractivity contribution in [3.05, 3.63) is 84.2 Å². The zero-order chi connectivity index (χ0) is 37.1. The third-order valence-corrected chi connectivity index (χ3v) is 8.31. The Morgan fingerprint density at radius 2 is 1.61 bits per heavy atom. The highest BCUT2D eigenvalue weighted by molar-refractivity contribution is 6.01. The molecule has 3 aromatic rings. The summed E-state index contributed by atoms with van der Waals surface area (Å²) in [6.07, 6.45) is 0.595. The molecule has 1 aliphatic rings. The second-order valence-electron chi connectivity index (χ2n) is 13.7. The molecule has 0 radical (unpaired) electrons.